The van der Waals surface area contributed by atoms with Gasteiger partial charge in [-0.25, -0.2) is 0 Å². The number of ether oxygens (including phenoxy) is 1. The molecule has 4 aromatic carbocycles. The molecule has 2 aliphatic heterocycles. The maximum absolute atomic E-state index is 11.7. The van der Waals surface area contributed by atoms with Crippen LogP contribution in [0.5, 0.6) is 0 Å². The van der Waals surface area contributed by atoms with Gasteiger partial charge in [0.1, 0.15) is 12.3 Å². The predicted molar refractivity (Wildman–Crippen MR) is 168 cm³/mol. The van der Waals surface area contributed by atoms with E-state index < -0.39 is 8.32 Å². The van der Waals surface area contributed by atoms with Crippen LogP contribution in [-0.2, 0) is 15.6 Å². The summed E-state index contributed by atoms with van der Waals surface area (Å²) < 4.78 is 14.1. The molecule has 6 rings (SSSR count). The molecule has 41 heavy (non-hydrogen) atoms. The molecule has 0 saturated carbocycles. The Hall–Kier alpha value is -3.64. The lowest BCUT2D eigenvalue weighted by atomic mass is 10.0. The zero-order valence-corrected chi connectivity index (χ0v) is 25.1. The molecule has 0 radical (unpaired) electrons. The largest absolute Gasteiger partial charge is 0.495 e. The summed E-state index contributed by atoms with van der Waals surface area (Å²) in [7, 11) is -2.77. The number of fused-ring (bicyclic) bond motifs is 1. The van der Waals surface area contributed by atoms with Crippen molar-refractivity contribution < 1.29 is 14.3 Å². The van der Waals surface area contributed by atoms with Crippen molar-refractivity contribution in [2.24, 2.45) is 0 Å². The first kappa shape index (κ1) is 27.5. The Balaban J connectivity index is 1.40. The molecule has 1 fully saturated rings. The highest BCUT2D eigenvalue weighted by atomic mass is 28.4. The molecule has 0 amide bonds. The number of aliphatic hydroxyl groups excluding tert-OH is 1. The van der Waals surface area contributed by atoms with Gasteiger partial charge in [0.05, 0.1) is 12.6 Å². The SMILES string of the molecule is CC(C)(C)[Si](OC[C@H]1C(c2ccccc2)O[C@@H]2CC(Cc3ccccc3)=C(O)N21)(c1ccccc1)c1ccccc1. The van der Waals surface area contributed by atoms with Crippen LogP contribution in [0.15, 0.2) is 133 Å². The Kier molecular flexibility index (Phi) is 7.60. The van der Waals surface area contributed by atoms with Crippen molar-refractivity contribution in [1.82, 2.24) is 4.90 Å². The fourth-order valence-electron chi connectivity index (χ4n) is 6.69. The molecule has 4 aromatic rings. The number of hydrogen-bond donors (Lipinski definition) is 1. The first-order valence-electron chi connectivity index (χ1n) is 14.6. The van der Waals surface area contributed by atoms with Gasteiger partial charge in [-0.3, -0.25) is 0 Å². The molecule has 1 saturated heterocycles. The summed E-state index contributed by atoms with van der Waals surface area (Å²) in [6.07, 6.45) is 0.965. The van der Waals surface area contributed by atoms with E-state index in [2.05, 4.69) is 123 Å². The maximum Gasteiger partial charge on any atom is 0.261 e. The average Bonchev–Trinajstić information content (AvgIpc) is 3.50. The summed E-state index contributed by atoms with van der Waals surface area (Å²) in [5.74, 6) is 0.341. The van der Waals surface area contributed by atoms with E-state index in [1.165, 1.54) is 15.9 Å². The van der Waals surface area contributed by atoms with Gasteiger partial charge >= 0.3 is 0 Å². The van der Waals surface area contributed by atoms with Crippen molar-refractivity contribution in [3.05, 3.63) is 144 Å². The molecule has 0 aliphatic carbocycles. The van der Waals surface area contributed by atoms with Crippen LogP contribution in [0.3, 0.4) is 0 Å². The summed E-state index contributed by atoms with van der Waals surface area (Å²) in [6.45, 7) is 7.33. The second-order valence-electron chi connectivity index (χ2n) is 12.2. The zero-order chi connectivity index (χ0) is 28.5. The average molecular weight is 562 g/mol. The number of hydrogen-bond acceptors (Lipinski definition) is 4. The highest BCUT2D eigenvalue weighted by molar-refractivity contribution is 6.99. The number of benzene rings is 4. The Bertz CT molecular complexity index is 1430. The van der Waals surface area contributed by atoms with Gasteiger partial charge < -0.3 is 19.2 Å². The van der Waals surface area contributed by atoms with Crippen LogP contribution in [0.1, 0.15) is 44.4 Å². The van der Waals surface area contributed by atoms with E-state index in [-0.39, 0.29) is 23.4 Å². The molecule has 2 heterocycles. The molecule has 2 aliphatic rings. The van der Waals surface area contributed by atoms with Crippen LogP contribution in [0.2, 0.25) is 5.04 Å². The monoisotopic (exact) mass is 561 g/mol. The number of aliphatic hydroxyl groups is 1. The third kappa shape index (κ3) is 5.14. The molecule has 0 bridgehead atoms. The van der Waals surface area contributed by atoms with E-state index >= 15 is 0 Å². The van der Waals surface area contributed by atoms with Crippen LogP contribution in [0, 0.1) is 0 Å². The summed E-state index contributed by atoms with van der Waals surface area (Å²) in [5.41, 5.74) is 3.31. The quantitative estimate of drug-likeness (QED) is 0.242. The third-order valence-corrected chi connectivity index (χ3v) is 13.6. The third-order valence-electron chi connectivity index (χ3n) is 8.58. The smallest absolute Gasteiger partial charge is 0.261 e. The van der Waals surface area contributed by atoms with Crippen LogP contribution >= 0.6 is 0 Å². The highest BCUT2D eigenvalue weighted by Crippen LogP contribution is 2.45. The van der Waals surface area contributed by atoms with Crippen LogP contribution in [0.4, 0.5) is 0 Å². The van der Waals surface area contributed by atoms with E-state index in [0.29, 0.717) is 25.3 Å². The van der Waals surface area contributed by atoms with Crippen molar-refractivity contribution in [1.29, 1.82) is 0 Å². The highest BCUT2D eigenvalue weighted by Gasteiger charge is 2.53. The Morgan fingerprint density at radius 3 is 1.83 bits per heavy atom. The minimum Gasteiger partial charge on any atom is -0.495 e. The maximum atomic E-state index is 11.7. The summed E-state index contributed by atoms with van der Waals surface area (Å²) in [5, 5.41) is 14.0. The Morgan fingerprint density at radius 1 is 0.780 bits per heavy atom. The second kappa shape index (κ2) is 11.3. The van der Waals surface area contributed by atoms with E-state index in [1.807, 2.05) is 24.3 Å². The fraction of sp³-hybridized carbons (Fsp3) is 0.278. The van der Waals surface area contributed by atoms with Gasteiger partial charge in [-0.05, 0) is 38.5 Å². The minimum absolute atomic E-state index is 0.141. The van der Waals surface area contributed by atoms with Crippen molar-refractivity contribution in [2.75, 3.05) is 6.61 Å². The van der Waals surface area contributed by atoms with Gasteiger partial charge in [0.25, 0.3) is 8.32 Å². The molecule has 0 spiro atoms. The lowest BCUT2D eigenvalue weighted by molar-refractivity contribution is 0.0108. The van der Waals surface area contributed by atoms with Crippen LogP contribution in [-0.4, -0.2) is 37.2 Å². The Labute approximate surface area is 245 Å². The minimum atomic E-state index is -2.77. The topological polar surface area (TPSA) is 41.9 Å². The summed E-state index contributed by atoms with van der Waals surface area (Å²) in [6, 6.07) is 42.0. The van der Waals surface area contributed by atoms with Gasteiger partial charge in [0.2, 0.25) is 0 Å². The first-order valence-corrected chi connectivity index (χ1v) is 16.5. The normalized spacial score (nSPS) is 20.9. The second-order valence-corrected chi connectivity index (χ2v) is 16.5. The molecular weight excluding hydrogens is 522 g/mol. The molecule has 210 valence electrons. The Morgan fingerprint density at radius 2 is 1.29 bits per heavy atom. The summed E-state index contributed by atoms with van der Waals surface area (Å²) >= 11 is 0. The lowest BCUT2D eigenvalue weighted by Gasteiger charge is -2.44. The van der Waals surface area contributed by atoms with Gasteiger partial charge in [-0.15, -0.1) is 0 Å². The molecule has 3 atom stereocenters. The fourth-order valence-corrected chi connectivity index (χ4v) is 11.3. The lowest BCUT2D eigenvalue weighted by Crippen LogP contribution is -2.67. The van der Waals surface area contributed by atoms with Crippen molar-refractivity contribution in [3.63, 3.8) is 0 Å². The standard InChI is InChI=1S/C36H39NO3Si/c1-36(2,3)41(30-20-12-6-13-21-30,31-22-14-7-15-23-31)39-26-32-34(28-18-10-5-11-19-28)40-33-25-29(35(38)37(32)33)24-27-16-8-4-9-17-27/h4-23,32-34,38H,24-26H2,1-3H3/t32-,33+,34?/m0/s1. The number of nitrogens with zero attached hydrogens (tertiary/aromatic N) is 1. The van der Waals surface area contributed by atoms with E-state index in [9.17, 15) is 5.11 Å². The van der Waals surface area contributed by atoms with Crippen LogP contribution < -0.4 is 10.4 Å². The van der Waals surface area contributed by atoms with Gasteiger partial charge in [-0.1, -0.05) is 142 Å². The zero-order valence-electron chi connectivity index (χ0n) is 24.1. The van der Waals surface area contributed by atoms with Crippen molar-refractivity contribution in [3.8, 4) is 0 Å². The molecular formula is C36H39NO3Si. The molecule has 4 nitrogen and oxygen atoms in total. The van der Waals surface area contributed by atoms with Crippen molar-refractivity contribution in [2.45, 2.75) is 57.0 Å². The molecule has 1 N–H and O–H groups in total. The molecule has 5 heteroatoms. The first-order chi connectivity index (χ1) is 19.9. The summed E-state index contributed by atoms with van der Waals surface area (Å²) in [4.78, 5) is 2.09. The molecule has 1 unspecified atom stereocenters. The molecule has 0 aromatic heterocycles. The van der Waals surface area contributed by atoms with Crippen molar-refractivity contribution >= 4 is 18.7 Å². The van der Waals surface area contributed by atoms with Gasteiger partial charge in [-0.2, -0.15) is 0 Å². The van der Waals surface area contributed by atoms with Crippen LogP contribution in [0.25, 0.3) is 0 Å². The van der Waals surface area contributed by atoms with Gasteiger partial charge in [0.15, 0.2) is 5.88 Å². The van der Waals surface area contributed by atoms with E-state index in [4.69, 9.17) is 9.16 Å². The van der Waals surface area contributed by atoms with Gasteiger partial charge in [0, 0.05) is 6.42 Å². The van der Waals surface area contributed by atoms with E-state index in [1.54, 1.807) is 0 Å². The predicted octanol–water partition coefficient (Wildman–Crippen LogP) is 6.75. The van der Waals surface area contributed by atoms with E-state index in [0.717, 1.165) is 11.1 Å². The number of rotatable bonds is 8.